The maximum absolute atomic E-state index is 10.1. The van der Waals surface area contributed by atoms with E-state index >= 15 is 0 Å². The highest BCUT2D eigenvalue weighted by molar-refractivity contribution is 7.43. The molecule has 0 radical (unpaired) electrons. The zero-order chi connectivity index (χ0) is 77.2. The number of hydrogen-bond acceptors (Lipinski definition) is 12. The number of rotatable bonds is 24. The summed E-state index contributed by atoms with van der Waals surface area (Å²) in [7, 11) is -22.6. The Hall–Kier alpha value is -8.08. The van der Waals surface area contributed by atoms with Gasteiger partial charge in [0.1, 0.15) is 183 Å². The molecule has 28 nitrogen and oxygen atoms in total. The molecule has 0 unspecified atom stereocenters. The molecule has 0 aliphatic heterocycles. The SMILES string of the molecule is C=CC[n+]1ccn(CC)c1.C=CC[n+]1ccn(CC)c1.C=CC[n+]1ccn(CC)c1.C=CC[n+]1ccn(CC)c1.C=CC[n+]1ccn(CC)c1.C=CC[n+]1ccn(CC)c1.C=CC[n+]1ccn(CC)c1.C=CC[n+]1ccn(CC)c1.O=P([O-])([O-])F.O=P([O-])([O-])F.O=P([O-])([O-])F.O=P([O-])([O-])F. The lowest BCUT2D eigenvalue weighted by Gasteiger charge is -2.15. The van der Waals surface area contributed by atoms with Crippen molar-refractivity contribution in [1.82, 2.24) is 36.5 Å². The van der Waals surface area contributed by atoms with Gasteiger partial charge in [0.15, 0.2) is 0 Å². The van der Waals surface area contributed by atoms with Crippen LogP contribution in [0.3, 0.4) is 0 Å². The monoisotopic (exact) mass is 1490 g/mol. The maximum atomic E-state index is 10.1. The molecule has 0 amide bonds. The highest BCUT2D eigenvalue weighted by atomic mass is 31.2. The summed E-state index contributed by atoms with van der Waals surface area (Å²) in [5, 5.41) is 0. The van der Waals surface area contributed by atoms with Crippen LogP contribution in [0.5, 0.6) is 0 Å². The van der Waals surface area contributed by atoms with Crippen molar-refractivity contribution in [1.29, 1.82) is 0 Å². The molecule has 0 saturated carbocycles. The summed E-state index contributed by atoms with van der Waals surface area (Å²) < 4.78 is 108. The van der Waals surface area contributed by atoms with Crippen molar-refractivity contribution in [2.24, 2.45) is 0 Å². The van der Waals surface area contributed by atoms with Crippen LogP contribution in [0, 0.1) is 0 Å². The van der Waals surface area contributed by atoms with Crippen molar-refractivity contribution in [2.45, 2.75) is 160 Å². The van der Waals surface area contributed by atoms with E-state index in [1.165, 1.54) is 0 Å². The molecule has 0 spiro atoms. The Bertz CT molecular complexity index is 2950. The summed E-state index contributed by atoms with van der Waals surface area (Å²) in [4.78, 5) is 67.5. The molecule has 560 valence electrons. The zero-order valence-corrected chi connectivity index (χ0v) is 62.4. The average molecular weight is 1490 g/mol. The summed E-state index contributed by atoms with van der Waals surface area (Å²) in [5.41, 5.74) is 0. The van der Waals surface area contributed by atoms with Crippen molar-refractivity contribution in [3.63, 3.8) is 0 Å². The molecule has 0 fully saturated rings. The first-order valence-corrected chi connectivity index (χ1v) is 36.8. The van der Waals surface area contributed by atoms with E-state index in [0.29, 0.717) is 0 Å². The number of aromatic nitrogens is 16. The topological polar surface area (TPSA) is 323 Å². The summed E-state index contributed by atoms with van der Waals surface area (Å²) in [6.45, 7) is 61.7. The summed E-state index contributed by atoms with van der Waals surface area (Å²) in [6.07, 6.45) is 64.5. The maximum Gasteiger partial charge on any atom is 0.244 e. The summed E-state index contributed by atoms with van der Waals surface area (Å²) >= 11 is 0. The van der Waals surface area contributed by atoms with E-state index in [2.05, 4.69) is 281 Å². The quantitative estimate of drug-likeness (QED) is 0.0365. The highest BCUT2D eigenvalue weighted by Gasteiger charge is 2.03. The lowest BCUT2D eigenvalue weighted by molar-refractivity contribution is -0.686. The van der Waals surface area contributed by atoms with Crippen LogP contribution in [0.2, 0.25) is 0 Å². The standard InChI is InChI=1S/8C8H13N2.4FH2O3P/c8*1-3-5-10-7-6-9(4-2)8-10;4*1-5(2,3)4/h8*3,6-8H,1,4-5H2,2H3;4*(H2,2,3,4)/q8*+1;;;;/p-8. The van der Waals surface area contributed by atoms with Crippen LogP contribution in [-0.2, 0) is 123 Å². The fourth-order valence-electron chi connectivity index (χ4n) is 7.06. The number of allylic oxidation sites excluding steroid dienone is 8. The molecule has 0 aliphatic rings. The minimum absolute atomic E-state index is 0.896. The first-order valence-electron chi connectivity index (χ1n) is 31.0. The Morgan fingerprint density at radius 2 is 0.330 bits per heavy atom. The van der Waals surface area contributed by atoms with Gasteiger partial charge < -0.3 is 57.4 Å². The molecule has 8 aromatic heterocycles. The van der Waals surface area contributed by atoms with E-state index in [-0.39, 0.29) is 0 Å². The molecule has 0 saturated heterocycles. The largest absolute Gasteiger partial charge is 0.786 e. The van der Waals surface area contributed by atoms with Crippen molar-refractivity contribution >= 4 is 31.6 Å². The van der Waals surface area contributed by atoms with Gasteiger partial charge in [-0.2, -0.15) is 0 Å². The number of imidazole rings is 8. The van der Waals surface area contributed by atoms with Crippen LogP contribution in [0.4, 0.5) is 16.8 Å². The van der Waals surface area contributed by atoms with Gasteiger partial charge in [-0.15, -0.1) is 0 Å². The Morgan fingerprint density at radius 3 is 0.380 bits per heavy atom. The van der Waals surface area contributed by atoms with E-state index in [0.717, 1.165) is 105 Å². The zero-order valence-electron chi connectivity index (χ0n) is 58.8. The number of halogens is 4. The highest BCUT2D eigenvalue weighted by Crippen LogP contribution is 2.23. The van der Waals surface area contributed by atoms with E-state index in [1.807, 2.05) is 98.2 Å². The van der Waals surface area contributed by atoms with Gasteiger partial charge in [-0.3, -0.25) is 0 Å². The number of aryl methyl sites for hydroxylation is 8. The minimum Gasteiger partial charge on any atom is -0.786 e. The molecule has 8 aromatic rings. The second kappa shape index (κ2) is 58.7. The molecular weight excluding hydrogens is 1380 g/mol. The average Bonchev–Trinajstić information content (AvgIpc) is 2.05. The fraction of sp³-hybridized carbons (Fsp3) is 0.375. The van der Waals surface area contributed by atoms with Gasteiger partial charge in [0, 0.05) is 0 Å². The first-order chi connectivity index (χ1) is 46.9. The molecule has 0 aromatic carbocycles. The molecule has 8 heterocycles. The van der Waals surface area contributed by atoms with Gasteiger partial charge in [0.05, 0.1) is 52.4 Å². The second-order valence-electron chi connectivity index (χ2n) is 19.6. The smallest absolute Gasteiger partial charge is 0.244 e. The molecular formula is C64H104F4N16O12P4. The Morgan fingerprint density at radius 1 is 0.250 bits per heavy atom. The molecule has 0 bridgehead atoms. The summed E-state index contributed by atoms with van der Waals surface area (Å²) in [5.74, 6) is 0. The lowest BCUT2D eigenvalue weighted by atomic mass is 10.6. The van der Waals surface area contributed by atoms with Crippen molar-refractivity contribution in [3.05, 3.63) is 251 Å². The van der Waals surface area contributed by atoms with E-state index in [9.17, 15) is 16.8 Å². The van der Waals surface area contributed by atoms with Gasteiger partial charge in [-0.05, 0) is 55.4 Å². The van der Waals surface area contributed by atoms with E-state index in [4.69, 9.17) is 57.4 Å². The third-order valence-electron chi connectivity index (χ3n) is 11.6. The van der Waals surface area contributed by atoms with Gasteiger partial charge in [-0.1, -0.05) is 101 Å². The van der Waals surface area contributed by atoms with Crippen molar-refractivity contribution in [3.8, 4) is 0 Å². The first kappa shape index (κ1) is 98.3. The van der Waals surface area contributed by atoms with Gasteiger partial charge in [-0.25, -0.2) is 89.9 Å². The van der Waals surface area contributed by atoms with Gasteiger partial charge in [0.25, 0.3) is 0 Å². The van der Waals surface area contributed by atoms with Crippen LogP contribution in [0.1, 0.15) is 55.4 Å². The third kappa shape index (κ3) is 65.8. The molecule has 36 heteroatoms. The molecule has 100 heavy (non-hydrogen) atoms. The predicted molar refractivity (Wildman–Crippen MR) is 359 cm³/mol. The predicted octanol–water partition coefficient (Wildman–Crippen LogP) is 2.99. The molecule has 0 N–H and O–H groups in total. The van der Waals surface area contributed by atoms with Crippen molar-refractivity contribution in [2.75, 3.05) is 0 Å². The van der Waals surface area contributed by atoms with Crippen LogP contribution < -0.4 is 75.7 Å². The summed E-state index contributed by atoms with van der Waals surface area (Å²) in [6, 6.07) is 0. The number of hydrogen-bond donors (Lipinski definition) is 0. The van der Waals surface area contributed by atoms with Crippen LogP contribution in [0.15, 0.2) is 251 Å². The normalized spacial score (nSPS) is 10.1. The molecule has 0 atom stereocenters. The van der Waals surface area contributed by atoms with Crippen LogP contribution in [-0.4, -0.2) is 36.5 Å². The number of nitrogens with zero attached hydrogens (tertiary/aromatic N) is 16. The van der Waals surface area contributed by atoms with Crippen molar-refractivity contribution < 1.29 is 111 Å². The lowest BCUT2D eigenvalue weighted by Crippen LogP contribution is -2.29. The Kier molecular flexibility index (Phi) is 57.7. The second-order valence-corrected chi connectivity index (χ2v) is 23.0. The Balaban J connectivity index is -0.000000508. The minimum atomic E-state index is -5.64. The molecule has 8 rings (SSSR count). The van der Waals surface area contributed by atoms with Gasteiger partial charge in [0.2, 0.25) is 50.6 Å². The third-order valence-corrected chi connectivity index (χ3v) is 11.6. The van der Waals surface area contributed by atoms with Crippen LogP contribution in [0.25, 0.3) is 0 Å². The van der Waals surface area contributed by atoms with E-state index in [1.54, 1.807) is 0 Å². The van der Waals surface area contributed by atoms with Crippen LogP contribution >= 0.6 is 31.6 Å². The fourth-order valence-corrected chi connectivity index (χ4v) is 7.06. The Labute approximate surface area is 587 Å². The van der Waals surface area contributed by atoms with E-state index < -0.39 is 31.6 Å². The molecule has 0 aliphatic carbocycles. The van der Waals surface area contributed by atoms with Gasteiger partial charge >= 0.3 is 0 Å².